The van der Waals surface area contributed by atoms with E-state index in [9.17, 15) is 9.18 Å². The molecule has 1 fully saturated rings. The van der Waals surface area contributed by atoms with E-state index in [1.54, 1.807) is 6.92 Å². The average Bonchev–Trinajstić information content (AvgIpc) is 2.35. The van der Waals surface area contributed by atoms with Crippen LogP contribution in [-0.4, -0.2) is 19.1 Å². The third-order valence-corrected chi connectivity index (χ3v) is 3.90. The van der Waals surface area contributed by atoms with Crippen molar-refractivity contribution in [1.29, 1.82) is 0 Å². The number of ether oxygens (including phenoxy) is 1. The van der Waals surface area contributed by atoms with E-state index >= 15 is 0 Å². The van der Waals surface area contributed by atoms with E-state index in [2.05, 4.69) is 12.2 Å². The molecule has 1 aromatic rings. The molecule has 0 aromatic heterocycles. The Balaban J connectivity index is 2.15. The van der Waals surface area contributed by atoms with Crippen molar-refractivity contribution in [1.82, 2.24) is 0 Å². The highest BCUT2D eigenvalue weighted by atomic mass is 19.1. The average molecular weight is 280 g/mol. The third-order valence-electron chi connectivity index (χ3n) is 3.90. The molecule has 1 aliphatic carbocycles. The second-order valence-corrected chi connectivity index (χ2v) is 5.66. The zero-order valence-corrected chi connectivity index (χ0v) is 12.0. The van der Waals surface area contributed by atoms with Crippen LogP contribution in [0.1, 0.15) is 43.5 Å². The van der Waals surface area contributed by atoms with Crippen molar-refractivity contribution < 1.29 is 13.9 Å². The monoisotopic (exact) mass is 280 g/mol. The molecule has 110 valence electrons. The molecule has 0 saturated heterocycles. The first-order valence-corrected chi connectivity index (χ1v) is 6.95. The summed E-state index contributed by atoms with van der Waals surface area (Å²) in [4.78, 5) is 11.7. The van der Waals surface area contributed by atoms with Crippen LogP contribution in [0.15, 0.2) is 12.1 Å². The van der Waals surface area contributed by atoms with Gasteiger partial charge in [0, 0.05) is 12.2 Å². The van der Waals surface area contributed by atoms with Crippen molar-refractivity contribution in [3.8, 4) is 0 Å². The number of nitrogens with one attached hydrogen (secondary N) is 1. The number of hydrogen-bond donors (Lipinski definition) is 2. The first-order chi connectivity index (χ1) is 9.45. The lowest BCUT2D eigenvalue weighted by Crippen LogP contribution is -2.33. The van der Waals surface area contributed by atoms with Crippen molar-refractivity contribution in [3.63, 3.8) is 0 Å². The SMILES string of the molecule is CCOC(=O)c1cc(NCC2(C)CCC2)c(F)cc1N. The number of benzene rings is 1. The smallest absolute Gasteiger partial charge is 0.340 e. The predicted molar refractivity (Wildman–Crippen MR) is 77.2 cm³/mol. The Bertz CT molecular complexity index is 513. The van der Waals surface area contributed by atoms with Gasteiger partial charge in [0.1, 0.15) is 5.82 Å². The highest BCUT2D eigenvalue weighted by Gasteiger charge is 2.31. The van der Waals surface area contributed by atoms with Crippen LogP contribution in [0.4, 0.5) is 15.8 Å². The zero-order valence-electron chi connectivity index (χ0n) is 12.0. The molecule has 0 heterocycles. The van der Waals surface area contributed by atoms with Crippen LogP contribution in [0.25, 0.3) is 0 Å². The van der Waals surface area contributed by atoms with Crippen molar-refractivity contribution >= 4 is 17.3 Å². The summed E-state index contributed by atoms with van der Waals surface area (Å²) in [6, 6.07) is 2.60. The summed E-state index contributed by atoms with van der Waals surface area (Å²) in [5.41, 5.74) is 6.50. The van der Waals surface area contributed by atoms with Crippen LogP contribution in [0.2, 0.25) is 0 Å². The Morgan fingerprint density at radius 3 is 2.75 bits per heavy atom. The molecule has 2 rings (SSSR count). The molecule has 0 bridgehead atoms. The summed E-state index contributed by atoms with van der Waals surface area (Å²) in [5, 5.41) is 3.08. The number of halogens is 1. The Morgan fingerprint density at radius 2 is 2.20 bits per heavy atom. The maximum atomic E-state index is 13.9. The van der Waals surface area contributed by atoms with Crippen LogP contribution in [-0.2, 0) is 4.74 Å². The summed E-state index contributed by atoms with van der Waals surface area (Å²) in [6.45, 7) is 4.84. The number of rotatable bonds is 5. The Hall–Kier alpha value is -1.78. The summed E-state index contributed by atoms with van der Waals surface area (Å²) < 4.78 is 18.8. The van der Waals surface area contributed by atoms with Gasteiger partial charge in [-0.2, -0.15) is 0 Å². The van der Waals surface area contributed by atoms with Gasteiger partial charge in [-0.25, -0.2) is 9.18 Å². The van der Waals surface area contributed by atoms with Crippen molar-refractivity contribution in [2.24, 2.45) is 5.41 Å². The lowest BCUT2D eigenvalue weighted by atomic mass is 9.70. The third kappa shape index (κ3) is 3.03. The molecule has 20 heavy (non-hydrogen) atoms. The second kappa shape index (κ2) is 5.69. The number of anilines is 2. The molecule has 3 N–H and O–H groups in total. The fourth-order valence-corrected chi connectivity index (χ4v) is 2.38. The molecule has 1 saturated carbocycles. The molecule has 0 radical (unpaired) electrons. The number of nitrogen functional groups attached to an aromatic ring is 1. The first-order valence-electron chi connectivity index (χ1n) is 6.95. The number of carbonyl (C=O) groups excluding carboxylic acids is 1. The molecular formula is C15H21FN2O2. The number of esters is 1. The number of carbonyl (C=O) groups is 1. The molecule has 1 aliphatic rings. The fourth-order valence-electron chi connectivity index (χ4n) is 2.38. The van der Waals surface area contributed by atoms with Gasteiger partial charge in [0.2, 0.25) is 0 Å². The van der Waals surface area contributed by atoms with E-state index in [0.717, 1.165) is 18.9 Å². The number of hydrogen-bond acceptors (Lipinski definition) is 4. The van der Waals surface area contributed by atoms with Gasteiger partial charge in [-0.1, -0.05) is 13.3 Å². The van der Waals surface area contributed by atoms with E-state index in [0.29, 0.717) is 12.2 Å². The van der Waals surface area contributed by atoms with Gasteiger partial charge >= 0.3 is 5.97 Å². The van der Waals surface area contributed by atoms with Crippen LogP contribution in [0, 0.1) is 11.2 Å². The van der Waals surface area contributed by atoms with Gasteiger partial charge in [-0.3, -0.25) is 0 Å². The molecule has 4 nitrogen and oxygen atoms in total. The van der Waals surface area contributed by atoms with E-state index < -0.39 is 11.8 Å². The number of nitrogens with two attached hydrogens (primary N) is 1. The normalized spacial score (nSPS) is 16.4. The first kappa shape index (κ1) is 14.6. The summed E-state index contributed by atoms with van der Waals surface area (Å²) in [5.74, 6) is -0.971. The summed E-state index contributed by atoms with van der Waals surface area (Å²) in [6.07, 6.45) is 3.50. The lowest BCUT2D eigenvalue weighted by molar-refractivity contribution is 0.0527. The minimum Gasteiger partial charge on any atom is -0.462 e. The maximum absolute atomic E-state index is 13.9. The van der Waals surface area contributed by atoms with Gasteiger partial charge in [0.25, 0.3) is 0 Å². The van der Waals surface area contributed by atoms with E-state index in [4.69, 9.17) is 10.5 Å². The van der Waals surface area contributed by atoms with E-state index in [1.807, 2.05) is 0 Å². The summed E-state index contributed by atoms with van der Waals surface area (Å²) in [7, 11) is 0. The van der Waals surface area contributed by atoms with Gasteiger partial charge in [0.15, 0.2) is 0 Å². The quantitative estimate of drug-likeness (QED) is 0.642. The molecule has 1 aromatic carbocycles. The standard InChI is InChI=1S/C15H21FN2O2/c1-3-20-14(19)10-7-13(11(16)8-12(10)17)18-9-15(2)5-4-6-15/h7-8,18H,3-6,9,17H2,1-2H3. The second-order valence-electron chi connectivity index (χ2n) is 5.66. The summed E-state index contributed by atoms with van der Waals surface area (Å²) >= 11 is 0. The predicted octanol–water partition coefficient (Wildman–Crippen LogP) is 3.19. The van der Waals surface area contributed by atoms with Crippen LogP contribution in [0.3, 0.4) is 0 Å². The zero-order chi connectivity index (χ0) is 14.8. The molecule has 5 heteroatoms. The van der Waals surface area contributed by atoms with Gasteiger partial charge < -0.3 is 15.8 Å². The molecular weight excluding hydrogens is 259 g/mol. The highest BCUT2D eigenvalue weighted by Crippen LogP contribution is 2.40. The lowest BCUT2D eigenvalue weighted by Gasteiger charge is -2.38. The maximum Gasteiger partial charge on any atom is 0.340 e. The largest absolute Gasteiger partial charge is 0.462 e. The van der Waals surface area contributed by atoms with Crippen molar-refractivity contribution in [3.05, 3.63) is 23.5 Å². The van der Waals surface area contributed by atoms with Gasteiger partial charge in [-0.05, 0) is 37.3 Å². The fraction of sp³-hybridized carbons (Fsp3) is 0.533. The minimum absolute atomic E-state index is 0.0985. The van der Waals surface area contributed by atoms with E-state index in [1.165, 1.54) is 12.5 Å². The van der Waals surface area contributed by atoms with Crippen molar-refractivity contribution in [2.45, 2.75) is 33.1 Å². The van der Waals surface area contributed by atoms with Crippen LogP contribution < -0.4 is 11.1 Å². The van der Waals surface area contributed by atoms with E-state index in [-0.39, 0.29) is 23.3 Å². The Morgan fingerprint density at radius 1 is 1.50 bits per heavy atom. The van der Waals surface area contributed by atoms with Gasteiger partial charge in [0.05, 0.1) is 17.9 Å². The molecule has 0 atom stereocenters. The molecule has 0 spiro atoms. The minimum atomic E-state index is -0.525. The van der Waals surface area contributed by atoms with Crippen LogP contribution >= 0.6 is 0 Å². The van der Waals surface area contributed by atoms with Crippen LogP contribution in [0.5, 0.6) is 0 Å². The Labute approximate surface area is 118 Å². The molecule has 0 unspecified atom stereocenters. The highest BCUT2D eigenvalue weighted by molar-refractivity contribution is 5.96. The molecule has 0 amide bonds. The van der Waals surface area contributed by atoms with Gasteiger partial charge in [-0.15, -0.1) is 0 Å². The topological polar surface area (TPSA) is 64.3 Å². The molecule has 0 aliphatic heterocycles. The van der Waals surface area contributed by atoms with Crippen molar-refractivity contribution in [2.75, 3.05) is 24.2 Å². The Kier molecular flexibility index (Phi) is 4.16.